The van der Waals surface area contributed by atoms with Gasteiger partial charge in [-0.3, -0.25) is 14.4 Å². The smallest absolute Gasteiger partial charge is 0.333 e. The predicted molar refractivity (Wildman–Crippen MR) is 164 cm³/mol. The lowest BCUT2D eigenvalue weighted by atomic mass is 10.0. The Kier molecular flexibility index (Phi) is 19.6. The highest BCUT2D eigenvalue weighted by Crippen LogP contribution is 2.22. The lowest BCUT2D eigenvalue weighted by Gasteiger charge is -2.35. The predicted octanol–water partition coefficient (Wildman–Crippen LogP) is 4.01. The molecule has 0 saturated carbocycles. The molecule has 1 aliphatic heterocycles. The fourth-order valence-electron chi connectivity index (χ4n) is 3.86. The third-order valence-electron chi connectivity index (χ3n) is 6.47. The van der Waals surface area contributed by atoms with Crippen LogP contribution < -0.4 is 0 Å². The van der Waals surface area contributed by atoms with Crippen LogP contribution in [0.3, 0.4) is 0 Å². The van der Waals surface area contributed by atoms with Gasteiger partial charge in [-0.15, -0.1) is 0 Å². The molecule has 0 radical (unpaired) electrons. The highest BCUT2D eigenvalue weighted by molar-refractivity contribution is 5.87. The van der Waals surface area contributed by atoms with Gasteiger partial charge < -0.3 is 33.2 Å². The fraction of sp³-hybridized carbons (Fsp3) is 0.636. The van der Waals surface area contributed by atoms with Gasteiger partial charge in [0.05, 0.1) is 32.5 Å². The minimum Gasteiger partial charge on any atom is -0.463 e. The molecule has 1 heterocycles. The van der Waals surface area contributed by atoms with E-state index in [0.717, 1.165) is 0 Å². The van der Waals surface area contributed by atoms with Crippen molar-refractivity contribution in [1.29, 1.82) is 0 Å². The van der Waals surface area contributed by atoms with Crippen molar-refractivity contribution in [3.63, 3.8) is 0 Å². The summed E-state index contributed by atoms with van der Waals surface area (Å²) in [6.07, 6.45) is 0.666. The van der Waals surface area contributed by atoms with Crippen LogP contribution in [-0.4, -0.2) is 87.2 Å². The zero-order valence-electron chi connectivity index (χ0n) is 27.3. The van der Waals surface area contributed by atoms with E-state index >= 15 is 0 Å². The first kappa shape index (κ1) is 40.0. The molecule has 3 atom stereocenters. The summed E-state index contributed by atoms with van der Waals surface area (Å²) < 4.78 is 37.3. The van der Waals surface area contributed by atoms with Gasteiger partial charge in [-0.1, -0.05) is 19.7 Å². The van der Waals surface area contributed by atoms with Crippen LogP contribution >= 0.6 is 0 Å². The zero-order valence-corrected chi connectivity index (χ0v) is 27.3. The Morgan fingerprint density at radius 2 is 0.957 bits per heavy atom. The first-order valence-electron chi connectivity index (χ1n) is 15.4. The number of carbonyl (C=O) groups excluding carboxylic acids is 6. The monoisotopic (exact) mass is 652 g/mol. The van der Waals surface area contributed by atoms with Crippen LogP contribution in [0.2, 0.25) is 0 Å². The molecule has 0 amide bonds. The van der Waals surface area contributed by atoms with Gasteiger partial charge in [0.1, 0.15) is 12.7 Å². The van der Waals surface area contributed by atoms with Crippen molar-refractivity contribution in [2.75, 3.05) is 33.0 Å². The highest BCUT2D eigenvalue weighted by Gasteiger charge is 2.37. The summed E-state index contributed by atoms with van der Waals surface area (Å²) in [7, 11) is 0. The van der Waals surface area contributed by atoms with Crippen molar-refractivity contribution in [1.82, 2.24) is 0 Å². The fourth-order valence-corrected chi connectivity index (χ4v) is 3.86. The van der Waals surface area contributed by atoms with Crippen molar-refractivity contribution >= 4 is 35.8 Å². The second-order valence-electron chi connectivity index (χ2n) is 11.1. The van der Waals surface area contributed by atoms with Crippen LogP contribution in [0.4, 0.5) is 0 Å². The number of hydrogen-bond donors (Lipinski definition) is 0. The standard InChI is InChI=1S/C33H48O13/c1-22(2)31(37)40-16-10-7-13-28(34)44-20-25-19-26(45-29(35)14-8-11-17-41-32(38)23(3)4)27(21-43-25)46-30(36)15-9-12-18-42-33(39)24(5)6/h25-27H,1,3,5,7-21H2,2,4,6H3/t25?,26-,27+/m0/s1. The van der Waals surface area contributed by atoms with E-state index in [1.54, 1.807) is 20.8 Å². The maximum absolute atomic E-state index is 12.6. The van der Waals surface area contributed by atoms with Crippen molar-refractivity contribution in [2.24, 2.45) is 0 Å². The Morgan fingerprint density at radius 3 is 1.37 bits per heavy atom. The molecule has 1 rings (SSSR count). The summed E-state index contributed by atoms with van der Waals surface area (Å²) in [5, 5.41) is 0. The van der Waals surface area contributed by atoms with E-state index in [-0.39, 0.29) is 69.9 Å². The van der Waals surface area contributed by atoms with Gasteiger partial charge in [-0.2, -0.15) is 0 Å². The van der Waals surface area contributed by atoms with Gasteiger partial charge >= 0.3 is 35.8 Å². The molecule has 0 bridgehead atoms. The van der Waals surface area contributed by atoms with Crippen LogP contribution in [0.1, 0.15) is 85.0 Å². The zero-order chi connectivity index (χ0) is 34.5. The molecule has 0 aromatic carbocycles. The Labute approximate surface area is 270 Å². The molecule has 1 unspecified atom stereocenters. The molecule has 0 aliphatic carbocycles. The summed E-state index contributed by atoms with van der Waals surface area (Å²) >= 11 is 0. The quantitative estimate of drug-likeness (QED) is 0.0713. The Morgan fingerprint density at radius 1 is 0.565 bits per heavy atom. The third-order valence-corrected chi connectivity index (χ3v) is 6.47. The van der Waals surface area contributed by atoms with E-state index in [2.05, 4.69) is 19.7 Å². The Hall–Kier alpha value is -4.00. The van der Waals surface area contributed by atoms with E-state index in [1.807, 2.05) is 0 Å². The molecule has 1 aliphatic rings. The van der Waals surface area contributed by atoms with Gasteiger partial charge in [-0.25, -0.2) is 14.4 Å². The van der Waals surface area contributed by atoms with Crippen LogP contribution in [0, 0.1) is 0 Å². The third kappa shape index (κ3) is 18.1. The number of rotatable bonds is 22. The summed E-state index contributed by atoms with van der Waals surface area (Å²) in [5.74, 6) is -3.00. The molecule has 1 saturated heterocycles. The van der Waals surface area contributed by atoms with Crippen LogP contribution in [0.15, 0.2) is 36.5 Å². The van der Waals surface area contributed by atoms with Crippen LogP contribution in [0.25, 0.3) is 0 Å². The SMILES string of the molecule is C=C(C)C(=O)OCCCCC(=O)OCC1C[C@H](OC(=O)CCCCOC(=O)C(=C)C)[C@H](OC(=O)CCCCOC(=O)C(=C)C)CO1. The maximum Gasteiger partial charge on any atom is 0.333 e. The average molecular weight is 653 g/mol. The topological polar surface area (TPSA) is 167 Å². The molecule has 0 spiro atoms. The number of esters is 6. The molecule has 0 aromatic rings. The maximum atomic E-state index is 12.6. The van der Waals surface area contributed by atoms with Gasteiger partial charge in [0.2, 0.25) is 0 Å². The van der Waals surface area contributed by atoms with Gasteiger partial charge in [0.15, 0.2) is 6.10 Å². The molecule has 258 valence electrons. The average Bonchev–Trinajstić information content (AvgIpc) is 2.99. The molecule has 1 fully saturated rings. The van der Waals surface area contributed by atoms with Gasteiger partial charge in [0, 0.05) is 42.4 Å². The first-order valence-corrected chi connectivity index (χ1v) is 15.4. The minimum absolute atomic E-state index is 0.0485. The van der Waals surface area contributed by atoms with Crippen molar-refractivity contribution in [2.45, 2.75) is 103 Å². The van der Waals surface area contributed by atoms with Gasteiger partial charge in [-0.05, 0) is 59.3 Å². The Balaban J connectivity index is 2.57. The molecule has 13 heteroatoms. The Bertz CT molecular complexity index is 1090. The van der Waals surface area contributed by atoms with Crippen molar-refractivity contribution in [3.8, 4) is 0 Å². The highest BCUT2D eigenvalue weighted by atomic mass is 16.6. The lowest BCUT2D eigenvalue weighted by molar-refractivity contribution is -0.194. The first-order chi connectivity index (χ1) is 21.8. The van der Waals surface area contributed by atoms with Gasteiger partial charge in [0.25, 0.3) is 0 Å². The number of ether oxygens (including phenoxy) is 7. The summed E-state index contributed by atoms with van der Waals surface area (Å²) in [5.41, 5.74) is 0.872. The summed E-state index contributed by atoms with van der Waals surface area (Å²) in [4.78, 5) is 71.7. The molecule has 13 nitrogen and oxygen atoms in total. The largest absolute Gasteiger partial charge is 0.463 e. The van der Waals surface area contributed by atoms with E-state index in [0.29, 0.717) is 44.1 Å². The van der Waals surface area contributed by atoms with E-state index < -0.39 is 54.1 Å². The molecule has 0 aromatic heterocycles. The molecule has 0 N–H and O–H groups in total. The molecular weight excluding hydrogens is 604 g/mol. The number of carbonyl (C=O) groups is 6. The summed E-state index contributed by atoms with van der Waals surface area (Å²) in [6.45, 7) is 15.4. The molecular formula is C33H48O13. The second kappa shape index (κ2) is 22.5. The lowest BCUT2D eigenvalue weighted by Crippen LogP contribution is -2.47. The minimum atomic E-state index is -0.872. The van der Waals surface area contributed by atoms with Crippen molar-refractivity contribution in [3.05, 3.63) is 36.5 Å². The van der Waals surface area contributed by atoms with E-state index in [1.165, 1.54) is 0 Å². The summed E-state index contributed by atoms with van der Waals surface area (Å²) in [6, 6.07) is 0. The second-order valence-corrected chi connectivity index (χ2v) is 11.1. The van der Waals surface area contributed by atoms with Crippen LogP contribution in [0.5, 0.6) is 0 Å². The van der Waals surface area contributed by atoms with E-state index in [9.17, 15) is 28.8 Å². The van der Waals surface area contributed by atoms with Crippen molar-refractivity contribution < 1.29 is 61.9 Å². The number of hydrogen-bond acceptors (Lipinski definition) is 13. The van der Waals surface area contributed by atoms with E-state index in [4.69, 9.17) is 33.2 Å². The number of unbranched alkanes of at least 4 members (excludes halogenated alkanes) is 3. The normalized spacial score (nSPS) is 17.2. The molecule has 46 heavy (non-hydrogen) atoms. The van der Waals surface area contributed by atoms with Crippen LogP contribution in [-0.2, 0) is 61.9 Å².